The van der Waals surface area contributed by atoms with Crippen LogP contribution in [-0.4, -0.2) is 19.7 Å². The van der Waals surface area contributed by atoms with Crippen molar-refractivity contribution >= 4 is 5.69 Å². The lowest BCUT2D eigenvalue weighted by atomic mass is 10.1. The van der Waals surface area contributed by atoms with Crippen molar-refractivity contribution in [1.82, 2.24) is 0 Å². The Morgan fingerprint density at radius 1 is 1.43 bits per heavy atom. The zero-order valence-corrected chi connectivity index (χ0v) is 8.79. The van der Waals surface area contributed by atoms with Crippen LogP contribution in [0, 0.1) is 0 Å². The van der Waals surface area contributed by atoms with Crippen molar-refractivity contribution in [3.63, 3.8) is 0 Å². The number of para-hydroxylation sites is 1. The second kappa shape index (κ2) is 5.62. The summed E-state index contributed by atoms with van der Waals surface area (Å²) in [6.07, 6.45) is 0. The molecule has 14 heavy (non-hydrogen) atoms. The van der Waals surface area contributed by atoms with Gasteiger partial charge in [-0.3, -0.25) is 0 Å². The SMILES string of the molecule is COCc1ccccc1NC(C)CN. The largest absolute Gasteiger partial charge is 0.381 e. The molecular weight excluding hydrogens is 176 g/mol. The molecule has 0 saturated carbocycles. The van der Waals surface area contributed by atoms with E-state index in [9.17, 15) is 0 Å². The van der Waals surface area contributed by atoms with Gasteiger partial charge in [-0.15, -0.1) is 0 Å². The highest BCUT2D eigenvalue weighted by atomic mass is 16.5. The van der Waals surface area contributed by atoms with E-state index in [1.54, 1.807) is 7.11 Å². The van der Waals surface area contributed by atoms with Crippen molar-refractivity contribution in [3.8, 4) is 0 Å². The van der Waals surface area contributed by atoms with Crippen LogP contribution in [0.3, 0.4) is 0 Å². The van der Waals surface area contributed by atoms with Crippen LogP contribution in [0.2, 0.25) is 0 Å². The summed E-state index contributed by atoms with van der Waals surface area (Å²) in [7, 11) is 1.70. The minimum atomic E-state index is 0.285. The maximum Gasteiger partial charge on any atom is 0.0733 e. The van der Waals surface area contributed by atoms with E-state index in [4.69, 9.17) is 10.5 Å². The molecule has 0 saturated heterocycles. The molecule has 3 nitrogen and oxygen atoms in total. The molecule has 0 spiro atoms. The van der Waals surface area contributed by atoms with Crippen LogP contribution in [0.25, 0.3) is 0 Å². The number of ether oxygens (including phenoxy) is 1. The summed E-state index contributed by atoms with van der Waals surface area (Å²) in [4.78, 5) is 0. The maximum absolute atomic E-state index is 5.55. The number of anilines is 1. The van der Waals surface area contributed by atoms with Gasteiger partial charge < -0.3 is 15.8 Å². The van der Waals surface area contributed by atoms with Crippen LogP contribution < -0.4 is 11.1 Å². The molecular formula is C11H18N2O. The average Bonchev–Trinajstić information content (AvgIpc) is 2.21. The van der Waals surface area contributed by atoms with Crippen molar-refractivity contribution in [2.24, 2.45) is 5.73 Å². The number of hydrogen-bond donors (Lipinski definition) is 2. The van der Waals surface area contributed by atoms with Crippen LogP contribution >= 0.6 is 0 Å². The van der Waals surface area contributed by atoms with E-state index in [0.29, 0.717) is 13.2 Å². The molecule has 3 heteroatoms. The quantitative estimate of drug-likeness (QED) is 0.748. The molecule has 1 atom stereocenters. The van der Waals surface area contributed by atoms with Crippen LogP contribution in [0.1, 0.15) is 12.5 Å². The van der Waals surface area contributed by atoms with E-state index in [1.807, 2.05) is 18.2 Å². The molecule has 0 aliphatic carbocycles. The zero-order chi connectivity index (χ0) is 10.4. The molecule has 0 amide bonds. The van der Waals surface area contributed by atoms with Gasteiger partial charge in [-0.1, -0.05) is 18.2 Å². The number of methoxy groups -OCH3 is 1. The molecule has 78 valence electrons. The van der Waals surface area contributed by atoms with Crippen LogP contribution in [0.5, 0.6) is 0 Å². The Morgan fingerprint density at radius 3 is 2.79 bits per heavy atom. The van der Waals surface area contributed by atoms with E-state index >= 15 is 0 Å². The normalized spacial score (nSPS) is 12.5. The van der Waals surface area contributed by atoms with E-state index < -0.39 is 0 Å². The lowest BCUT2D eigenvalue weighted by Gasteiger charge is -2.16. The first-order valence-electron chi connectivity index (χ1n) is 4.81. The predicted molar refractivity (Wildman–Crippen MR) is 59.3 cm³/mol. The van der Waals surface area contributed by atoms with Gasteiger partial charge in [0.25, 0.3) is 0 Å². The highest BCUT2D eigenvalue weighted by molar-refractivity contribution is 5.51. The van der Waals surface area contributed by atoms with E-state index in [-0.39, 0.29) is 6.04 Å². The summed E-state index contributed by atoms with van der Waals surface area (Å²) in [5.41, 5.74) is 7.82. The Morgan fingerprint density at radius 2 is 2.14 bits per heavy atom. The van der Waals surface area contributed by atoms with Crippen molar-refractivity contribution < 1.29 is 4.74 Å². The van der Waals surface area contributed by atoms with Crippen molar-refractivity contribution in [2.45, 2.75) is 19.6 Å². The molecule has 0 fully saturated rings. The fourth-order valence-electron chi connectivity index (χ4n) is 1.27. The Bertz CT molecular complexity index is 276. The third-order valence-corrected chi connectivity index (χ3v) is 2.07. The number of benzene rings is 1. The summed E-state index contributed by atoms with van der Waals surface area (Å²) in [5.74, 6) is 0. The molecule has 1 rings (SSSR count). The van der Waals surface area contributed by atoms with Gasteiger partial charge in [0, 0.05) is 30.9 Å². The van der Waals surface area contributed by atoms with Gasteiger partial charge in [-0.25, -0.2) is 0 Å². The molecule has 1 aromatic carbocycles. The summed E-state index contributed by atoms with van der Waals surface area (Å²) in [5, 5.41) is 3.34. The topological polar surface area (TPSA) is 47.3 Å². The number of nitrogens with two attached hydrogens (primary N) is 1. The van der Waals surface area contributed by atoms with Crippen molar-refractivity contribution in [1.29, 1.82) is 0 Å². The van der Waals surface area contributed by atoms with Crippen molar-refractivity contribution in [3.05, 3.63) is 29.8 Å². The molecule has 3 N–H and O–H groups in total. The fourth-order valence-corrected chi connectivity index (χ4v) is 1.27. The van der Waals surface area contributed by atoms with Crippen LogP contribution in [0.4, 0.5) is 5.69 Å². The molecule has 0 aliphatic rings. The van der Waals surface area contributed by atoms with Gasteiger partial charge in [-0.05, 0) is 13.0 Å². The summed E-state index contributed by atoms with van der Waals surface area (Å²) in [6.45, 7) is 3.31. The van der Waals surface area contributed by atoms with E-state index in [0.717, 1.165) is 11.3 Å². The Balaban J connectivity index is 2.73. The first kappa shape index (κ1) is 11.0. The van der Waals surface area contributed by atoms with Crippen molar-refractivity contribution in [2.75, 3.05) is 19.0 Å². The fraction of sp³-hybridized carbons (Fsp3) is 0.455. The Labute approximate surface area is 85.3 Å². The molecule has 0 radical (unpaired) electrons. The second-order valence-electron chi connectivity index (χ2n) is 3.37. The second-order valence-corrected chi connectivity index (χ2v) is 3.37. The van der Waals surface area contributed by atoms with Gasteiger partial charge in [0.05, 0.1) is 6.61 Å². The lowest BCUT2D eigenvalue weighted by molar-refractivity contribution is 0.185. The average molecular weight is 194 g/mol. The Hall–Kier alpha value is -1.06. The number of hydrogen-bond acceptors (Lipinski definition) is 3. The summed E-state index contributed by atoms with van der Waals surface area (Å²) < 4.78 is 5.11. The maximum atomic E-state index is 5.55. The third kappa shape index (κ3) is 3.01. The minimum absolute atomic E-state index is 0.285. The Kier molecular flexibility index (Phi) is 4.43. The zero-order valence-electron chi connectivity index (χ0n) is 8.79. The van der Waals surface area contributed by atoms with Gasteiger partial charge in [0.2, 0.25) is 0 Å². The summed E-state index contributed by atoms with van der Waals surface area (Å²) in [6, 6.07) is 8.39. The monoisotopic (exact) mass is 194 g/mol. The first-order valence-corrected chi connectivity index (χ1v) is 4.81. The summed E-state index contributed by atoms with van der Waals surface area (Å²) >= 11 is 0. The molecule has 1 unspecified atom stereocenters. The number of nitrogens with one attached hydrogen (secondary N) is 1. The highest BCUT2D eigenvalue weighted by Gasteiger charge is 2.03. The predicted octanol–water partition coefficient (Wildman–Crippen LogP) is 1.59. The van der Waals surface area contributed by atoms with Gasteiger partial charge in [-0.2, -0.15) is 0 Å². The lowest BCUT2D eigenvalue weighted by Crippen LogP contribution is -2.25. The first-order chi connectivity index (χ1) is 6.77. The van der Waals surface area contributed by atoms with E-state index in [1.165, 1.54) is 0 Å². The number of rotatable bonds is 5. The van der Waals surface area contributed by atoms with Crippen LogP contribution in [-0.2, 0) is 11.3 Å². The molecule has 0 heterocycles. The smallest absolute Gasteiger partial charge is 0.0733 e. The third-order valence-electron chi connectivity index (χ3n) is 2.07. The molecule has 1 aromatic rings. The highest BCUT2D eigenvalue weighted by Crippen LogP contribution is 2.16. The standard InChI is InChI=1S/C11H18N2O/c1-9(7-12)13-11-6-4-3-5-10(11)8-14-2/h3-6,9,13H,7-8,12H2,1-2H3. The van der Waals surface area contributed by atoms with Crippen LogP contribution in [0.15, 0.2) is 24.3 Å². The van der Waals surface area contributed by atoms with Gasteiger partial charge >= 0.3 is 0 Å². The van der Waals surface area contributed by atoms with Gasteiger partial charge in [0.15, 0.2) is 0 Å². The molecule has 0 aromatic heterocycles. The molecule has 0 bridgehead atoms. The van der Waals surface area contributed by atoms with Gasteiger partial charge in [0.1, 0.15) is 0 Å². The van der Waals surface area contributed by atoms with E-state index in [2.05, 4.69) is 18.3 Å². The minimum Gasteiger partial charge on any atom is -0.381 e. The molecule has 0 aliphatic heterocycles.